The lowest BCUT2D eigenvalue weighted by atomic mass is 9.98. The van der Waals surface area contributed by atoms with E-state index >= 15 is 0 Å². The van der Waals surface area contributed by atoms with E-state index in [4.69, 9.17) is 4.74 Å². The number of amides is 2. The van der Waals surface area contributed by atoms with Gasteiger partial charge in [-0.1, -0.05) is 30.3 Å². The number of methoxy groups -OCH3 is 1. The standard InChI is InChI=1S/C20H33N3O4S/c1-27-16-15-22(12-6-9-18-7-4-3-5-8-18)20(24)21-17-19-10-13-23(14-11-19)28(2,25)26/h3-5,7-8,19H,6,9-17H2,1-2H3,(H,21,24). The van der Waals surface area contributed by atoms with Crippen LogP contribution in [-0.2, 0) is 21.2 Å². The number of hydrogen-bond acceptors (Lipinski definition) is 4. The Labute approximate surface area is 169 Å². The normalized spacial score (nSPS) is 16.1. The van der Waals surface area contributed by atoms with Gasteiger partial charge in [-0.05, 0) is 37.2 Å². The van der Waals surface area contributed by atoms with E-state index in [2.05, 4.69) is 17.4 Å². The quantitative estimate of drug-likeness (QED) is 0.638. The number of rotatable bonds is 10. The van der Waals surface area contributed by atoms with Crippen LogP contribution in [0.5, 0.6) is 0 Å². The molecule has 0 bridgehead atoms. The van der Waals surface area contributed by atoms with Crippen molar-refractivity contribution in [1.82, 2.24) is 14.5 Å². The molecule has 1 aromatic carbocycles. The molecule has 1 N–H and O–H groups in total. The molecule has 7 nitrogen and oxygen atoms in total. The fourth-order valence-electron chi connectivity index (χ4n) is 3.42. The summed E-state index contributed by atoms with van der Waals surface area (Å²) in [7, 11) is -1.48. The van der Waals surface area contributed by atoms with Crippen LogP contribution in [0.4, 0.5) is 4.79 Å². The summed E-state index contributed by atoms with van der Waals surface area (Å²) in [6.07, 6.45) is 4.63. The van der Waals surface area contributed by atoms with Crippen molar-refractivity contribution in [3.8, 4) is 0 Å². The molecule has 0 atom stereocenters. The Balaban J connectivity index is 1.75. The predicted octanol–water partition coefficient (Wildman–Crippen LogP) is 1.95. The first-order valence-corrected chi connectivity index (χ1v) is 11.8. The minimum atomic E-state index is -3.11. The van der Waals surface area contributed by atoms with Gasteiger partial charge in [0.25, 0.3) is 0 Å². The Bertz CT molecular complexity index is 689. The average Bonchev–Trinajstić information content (AvgIpc) is 2.69. The van der Waals surface area contributed by atoms with Crippen LogP contribution in [-0.4, -0.2) is 76.4 Å². The van der Waals surface area contributed by atoms with Crippen molar-refractivity contribution in [3.05, 3.63) is 35.9 Å². The van der Waals surface area contributed by atoms with Crippen molar-refractivity contribution >= 4 is 16.1 Å². The van der Waals surface area contributed by atoms with Crippen LogP contribution in [0.15, 0.2) is 30.3 Å². The fourth-order valence-corrected chi connectivity index (χ4v) is 4.30. The summed E-state index contributed by atoms with van der Waals surface area (Å²) in [6.45, 7) is 3.39. The van der Waals surface area contributed by atoms with E-state index in [-0.39, 0.29) is 6.03 Å². The van der Waals surface area contributed by atoms with Gasteiger partial charge in [0.15, 0.2) is 0 Å². The Morgan fingerprint density at radius 3 is 2.50 bits per heavy atom. The molecule has 2 amide bonds. The first-order chi connectivity index (χ1) is 13.4. The molecule has 8 heteroatoms. The fraction of sp³-hybridized carbons (Fsp3) is 0.650. The molecule has 0 radical (unpaired) electrons. The average molecular weight is 412 g/mol. The van der Waals surface area contributed by atoms with Crippen LogP contribution in [0, 0.1) is 5.92 Å². The van der Waals surface area contributed by atoms with E-state index in [1.807, 2.05) is 18.2 Å². The zero-order valence-electron chi connectivity index (χ0n) is 17.0. The third-order valence-corrected chi connectivity index (χ3v) is 6.48. The largest absolute Gasteiger partial charge is 0.383 e. The van der Waals surface area contributed by atoms with Gasteiger partial charge in [0.2, 0.25) is 10.0 Å². The van der Waals surface area contributed by atoms with Crippen molar-refractivity contribution in [2.24, 2.45) is 5.92 Å². The molecule has 1 aliphatic heterocycles. The number of nitrogens with one attached hydrogen (secondary N) is 1. The number of ether oxygens (including phenoxy) is 1. The first-order valence-electron chi connectivity index (χ1n) is 9.91. The van der Waals surface area contributed by atoms with Gasteiger partial charge >= 0.3 is 6.03 Å². The Morgan fingerprint density at radius 1 is 1.21 bits per heavy atom. The second-order valence-corrected chi connectivity index (χ2v) is 9.34. The number of urea groups is 1. The van der Waals surface area contributed by atoms with E-state index in [1.54, 1.807) is 12.0 Å². The van der Waals surface area contributed by atoms with Gasteiger partial charge in [-0.25, -0.2) is 17.5 Å². The molecule has 1 aromatic rings. The molecule has 0 aliphatic carbocycles. The highest BCUT2D eigenvalue weighted by Gasteiger charge is 2.25. The summed E-state index contributed by atoms with van der Waals surface area (Å²) in [4.78, 5) is 14.4. The lowest BCUT2D eigenvalue weighted by molar-refractivity contribution is 0.147. The molecular weight excluding hydrogens is 378 g/mol. The second-order valence-electron chi connectivity index (χ2n) is 7.36. The topological polar surface area (TPSA) is 79.0 Å². The number of nitrogens with zero attached hydrogens (tertiary/aromatic N) is 2. The van der Waals surface area contributed by atoms with E-state index in [1.165, 1.54) is 16.1 Å². The lowest BCUT2D eigenvalue weighted by Crippen LogP contribution is -2.46. The van der Waals surface area contributed by atoms with Gasteiger partial charge < -0.3 is 15.0 Å². The SMILES string of the molecule is COCCN(CCCc1ccccc1)C(=O)NCC1CCN(S(C)(=O)=O)CC1. The van der Waals surface area contributed by atoms with Crippen molar-refractivity contribution in [3.63, 3.8) is 0 Å². The Kier molecular flexibility index (Phi) is 9.21. The van der Waals surface area contributed by atoms with Crippen LogP contribution < -0.4 is 5.32 Å². The third-order valence-electron chi connectivity index (χ3n) is 5.17. The molecule has 0 saturated carbocycles. The molecule has 0 aromatic heterocycles. The molecule has 0 spiro atoms. The van der Waals surface area contributed by atoms with E-state index in [0.29, 0.717) is 45.2 Å². The van der Waals surface area contributed by atoms with E-state index in [0.717, 1.165) is 25.7 Å². The molecule has 158 valence electrons. The molecule has 1 aliphatic rings. The van der Waals surface area contributed by atoms with E-state index < -0.39 is 10.0 Å². The molecule has 1 saturated heterocycles. The maximum Gasteiger partial charge on any atom is 0.317 e. The summed E-state index contributed by atoms with van der Waals surface area (Å²) in [5.74, 6) is 0.315. The second kappa shape index (κ2) is 11.4. The number of sulfonamides is 1. The summed E-state index contributed by atoms with van der Waals surface area (Å²) in [5.41, 5.74) is 1.27. The maximum absolute atomic E-state index is 12.6. The molecule has 2 rings (SSSR count). The maximum atomic E-state index is 12.6. The molecule has 1 heterocycles. The first kappa shape index (κ1) is 22.6. The van der Waals surface area contributed by atoms with Gasteiger partial charge in [0, 0.05) is 39.8 Å². The van der Waals surface area contributed by atoms with Crippen molar-refractivity contribution in [1.29, 1.82) is 0 Å². The van der Waals surface area contributed by atoms with Crippen molar-refractivity contribution in [2.45, 2.75) is 25.7 Å². The highest BCUT2D eigenvalue weighted by atomic mass is 32.2. The summed E-state index contributed by atoms with van der Waals surface area (Å²) < 4.78 is 29.8. The minimum Gasteiger partial charge on any atom is -0.383 e. The van der Waals surface area contributed by atoms with Crippen LogP contribution in [0.2, 0.25) is 0 Å². The Morgan fingerprint density at radius 2 is 1.89 bits per heavy atom. The molecular formula is C20H33N3O4S. The van der Waals surface area contributed by atoms with Crippen LogP contribution in [0.3, 0.4) is 0 Å². The summed E-state index contributed by atoms with van der Waals surface area (Å²) >= 11 is 0. The monoisotopic (exact) mass is 411 g/mol. The zero-order valence-corrected chi connectivity index (χ0v) is 17.8. The van der Waals surface area contributed by atoms with Gasteiger partial charge in [-0.15, -0.1) is 0 Å². The van der Waals surface area contributed by atoms with Crippen LogP contribution in [0.1, 0.15) is 24.8 Å². The van der Waals surface area contributed by atoms with Crippen molar-refractivity contribution in [2.75, 3.05) is 52.7 Å². The van der Waals surface area contributed by atoms with Gasteiger partial charge in [-0.2, -0.15) is 0 Å². The number of hydrogen-bond donors (Lipinski definition) is 1. The Hall–Kier alpha value is -1.64. The zero-order chi connectivity index (χ0) is 20.4. The predicted molar refractivity (Wildman–Crippen MR) is 111 cm³/mol. The number of aryl methyl sites for hydroxylation is 1. The highest BCUT2D eigenvalue weighted by Crippen LogP contribution is 2.18. The van der Waals surface area contributed by atoms with Gasteiger partial charge in [0.1, 0.15) is 0 Å². The number of carbonyl (C=O) groups excluding carboxylic acids is 1. The van der Waals surface area contributed by atoms with E-state index in [9.17, 15) is 13.2 Å². The van der Waals surface area contributed by atoms with Gasteiger partial charge in [-0.3, -0.25) is 0 Å². The minimum absolute atomic E-state index is 0.0735. The summed E-state index contributed by atoms with van der Waals surface area (Å²) in [6, 6.07) is 10.2. The molecule has 0 unspecified atom stereocenters. The van der Waals surface area contributed by atoms with Crippen molar-refractivity contribution < 1.29 is 17.9 Å². The highest BCUT2D eigenvalue weighted by molar-refractivity contribution is 7.88. The lowest BCUT2D eigenvalue weighted by Gasteiger charge is -2.31. The molecule has 1 fully saturated rings. The number of carbonyl (C=O) groups is 1. The summed E-state index contributed by atoms with van der Waals surface area (Å²) in [5, 5.41) is 3.03. The van der Waals surface area contributed by atoms with Crippen LogP contribution in [0.25, 0.3) is 0 Å². The number of benzene rings is 1. The smallest absolute Gasteiger partial charge is 0.317 e. The molecule has 28 heavy (non-hydrogen) atoms. The third kappa shape index (κ3) is 7.77. The van der Waals surface area contributed by atoms with Gasteiger partial charge in [0.05, 0.1) is 12.9 Å². The number of piperidine rings is 1. The van der Waals surface area contributed by atoms with Crippen LogP contribution >= 0.6 is 0 Å².